The summed E-state index contributed by atoms with van der Waals surface area (Å²) in [5, 5.41) is 2.61. The lowest BCUT2D eigenvalue weighted by Gasteiger charge is -2.12. The number of hydrogen-bond acceptors (Lipinski definition) is 3. The van der Waals surface area contributed by atoms with Gasteiger partial charge in [-0.05, 0) is 30.0 Å². The molecule has 2 N–H and O–H groups in total. The molecule has 144 valence electrons. The van der Waals surface area contributed by atoms with E-state index in [0.29, 0.717) is 12.1 Å². The number of benzene rings is 3. The van der Waals surface area contributed by atoms with Crippen LogP contribution in [0.1, 0.15) is 12.0 Å². The van der Waals surface area contributed by atoms with Gasteiger partial charge in [-0.3, -0.25) is 0 Å². The van der Waals surface area contributed by atoms with Gasteiger partial charge in [0.25, 0.3) is 10.0 Å². The molecule has 0 aliphatic carbocycles. The molecule has 0 aliphatic heterocycles. The summed E-state index contributed by atoms with van der Waals surface area (Å²) in [5.74, 6) is 0. The Morgan fingerprint density at radius 1 is 0.786 bits per heavy atom. The van der Waals surface area contributed by atoms with E-state index in [9.17, 15) is 13.2 Å². The van der Waals surface area contributed by atoms with E-state index < -0.39 is 16.1 Å². The van der Waals surface area contributed by atoms with Crippen LogP contribution in [0.5, 0.6) is 0 Å². The molecule has 0 saturated heterocycles. The Kier molecular flexibility index (Phi) is 6.45. The summed E-state index contributed by atoms with van der Waals surface area (Å²) in [7, 11) is -3.99. The standard InChI is InChI=1S/C22H22N2O3S/c25-22(23-17-9-12-18-10-3-1-4-11-18)24-28(26,27)21-16-8-7-15-20(21)19-13-5-2-6-14-19/h1-8,10-11,13-16H,9,12,17H2,(H2,23,24,25). The van der Waals surface area contributed by atoms with Gasteiger partial charge in [-0.15, -0.1) is 0 Å². The number of sulfonamides is 1. The van der Waals surface area contributed by atoms with E-state index >= 15 is 0 Å². The van der Waals surface area contributed by atoms with Crippen molar-refractivity contribution in [2.75, 3.05) is 6.54 Å². The van der Waals surface area contributed by atoms with Crippen LogP contribution in [-0.2, 0) is 16.4 Å². The highest BCUT2D eigenvalue weighted by molar-refractivity contribution is 7.90. The first-order valence-corrected chi connectivity index (χ1v) is 10.5. The topological polar surface area (TPSA) is 75.3 Å². The van der Waals surface area contributed by atoms with E-state index in [1.807, 2.05) is 60.7 Å². The SMILES string of the molecule is O=C(NCCCc1ccccc1)NS(=O)(=O)c1ccccc1-c1ccccc1. The molecule has 0 saturated carbocycles. The normalized spacial score (nSPS) is 11.0. The molecular formula is C22H22N2O3S. The first-order valence-electron chi connectivity index (χ1n) is 9.05. The fraction of sp³-hybridized carbons (Fsp3) is 0.136. The number of carbonyl (C=O) groups is 1. The molecule has 3 rings (SSSR count). The predicted molar refractivity (Wildman–Crippen MR) is 110 cm³/mol. The van der Waals surface area contributed by atoms with E-state index in [1.54, 1.807) is 18.2 Å². The van der Waals surface area contributed by atoms with Crippen LogP contribution < -0.4 is 10.0 Å². The van der Waals surface area contributed by atoms with E-state index in [-0.39, 0.29) is 4.90 Å². The van der Waals surface area contributed by atoms with Crippen LogP contribution in [0.2, 0.25) is 0 Å². The molecule has 0 aromatic heterocycles. The molecule has 3 aromatic rings. The van der Waals surface area contributed by atoms with Crippen molar-refractivity contribution in [1.29, 1.82) is 0 Å². The largest absolute Gasteiger partial charge is 0.337 e. The average Bonchev–Trinajstić information content (AvgIpc) is 2.72. The number of carbonyl (C=O) groups excluding carboxylic acids is 1. The van der Waals surface area contributed by atoms with Crippen molar-refractivity contribution in [3.8, 4) is 11.1 Å². The molecule has 0 spiro atoms. The maximum atomic E-state index is 12.7. The van der Waals surface area contributed by atoms with Gasteiger partial charge in [0.2, 0.25) is 0 Å². The maximum absolute atomic E-state index is 12.7. The molecule has 2 amide bonds. The van der Waals surface area contributed by atoms with Crippen molar-refractivity contribution in [3.63, 3.8) is 0 Å². The van der Waals surface area contributed by atoms with E-state index in [0.717, 1.165) is 18.4 Å². The second-order valence-corrected chi connectivity index (χ2v) is 7.96. The van der Waals surface area contributed by atoms with Crippen LogP contribution in [0.15, 0.2) is 89.8 Å². The lowest BCUT2D eigenvalue weighted by molar-refractivity contribution is 0.245. The molecule has 3 aromatic carbocycles. The maximum Gasteiger partial charge on any atom is 0.328 e. The zero-order valence-electron chi connectivity index (χ0n) is 15.3. The summed E-state index contributed by atoms with van der Waals surface area (Å²) in [6, 6.07) is 25.0. The monoisotopic (exact) mass is 394 g/mol. The first-order chi connectivity index (χ1) is 13.6. The quantitative estimate of drug-likeness (QED) is 0.595. The van der Waals surface area contributed by atoms with E-state index in [1.165, 1.54) is 11.6 Å². The van der Waals surface area contributed by atoms with Gasteiger partial charge in [-0.25, -0.2) is 17.9 Å². The Balaban J connectivity index is 1.62. The fourth-order valence-electron chi connectivity index (χ4n) is 2.91. The minimum absolute atomic E-state index is 0.0700. The Morgan fingerprint density at radius 3 is 2.11 bits per heavy atom. The Labute approximate surface area is 165 Å². The third-order valence-corrected chi connectivity index (χ3v) is 5.65. The first kappa shape index (κ1) is 19.6. The number of urea groups is 1. The van der Waals surface area contributed by atoms with Crippen molar-refractivity contribution in [1.82, 2.24) is 10.0 Å². The molecule has 0 atom stereocenters. The zero-order valence-corrected chi connectivity index (χ0v) is 16.2. The van der Waals surface area contributed by atoms with Crippen molar-refractivity contribution in [2.45, 2.75) is 17.7 Å². The Morgan fingerprint density at radius 2 is 1.39 bits per heavy atom. The molecule has 0 fully saturated rings. The van der Waals surface area contributed by atoms with Crippen LogP contribution in [0.4, 0.5) is 4.79 Å². The number of amides is 2. The van der Waals surface area contributed by atoms with Gasteiger partial charge in [0.05, 0.1) is 4.90 Å². The molecule has 0 unspecified atom stereocenters. The molecule has 0 radical (unpaired) electrons. The minimum Gasteiger partial charge on any atom is -0.337 e. The van der Waals surface area contributed by atoms with E-state index in [4.69, 9.17) is 0 Å². The highest BCUT2D eigenvalue weighted by Crippen LogP contribution is 2.26. The minimum atomic E-state index is -3.99. The molecule has 0 aliphatic rings. The molecular weight excluding hydrogens is 372 g/mol. The highest BCUT2D eigenvalue weighted by Gasteiger charge is 2.21. The summed E-state index contributed by atoms with van der Waals surface area (Å²) in [6.07, 6.45) is 1.53. The van der Waals surface area contributed by atoms with Gasteiger partial charge in [0.1, 0.15) is 0 Å². The molecule has 6 heteroatoms. The average molecular weight is 394 g/mol. The number of nitrogens with one attached hydrogen (secondary N) is 2. The van der Waals surface area contributed by atoms with E-state index in [2.05, 4.69) is 10.0 Å². The van der Waals surface area contributed by atoms with Gasteiger partial charge < -0.3 is 5.32 Å². The number of hydrogen-bond donors (Lipinski definition) is 2. The Bertz CT molecular complexity index is 1020. The summed E-state index contributed by atoms with van der Waals surface area (Å²) in [4.78, 5) is 12.2. The summed E-state index contributed by atoms with van der Waals surface area (Å²) in [6.45, 7) is 0.385. The van der Waals surface area contributed by atoms with Crippen molar-refractivity contribution in [3.05, 3.63) is 90.5 Å². The Hall–Kier alpha value is -3.12. The second kappa shape index (κ2) is 9.19. The molecule has 28 heavy (non-hydrogen) atoms. The molecule has 0 bridgehead atoms. The highest BCUT2D eigenvalue weighted by atomic mass is 32.2. The predicted octanol–water partition coefficient (Wildman–Crippen LogP) is 3.97. The fourth-order valence-corrected chi connectivity index (χ4v) is 4.07. The van der Waals surface area contributed by atoms with Gasteiger partial charge in [-0.1, -0.05) is 78.9 Å². The van der Waals surface area contributed by atoms with Crippen LogP contribution >= 0.6 is 0 Å². The van der Waals surface area contributed by atoms with Gasteiger partial charge >= 0.3 is 6.03 Å². The smallest absolute Gasteiger partial charge is 0.328 e. The van der Waals surface area contributed by atoms with Crippen LogP contribution in [0.3, 0.4) is 0 Å². The van der Waals surface area contributed by atoms with Crippen LogP contribution in [-0.4, -0.2) is 21.0 Å². The molecule has 5 nitrogen and oxygen atoms in total. The second-order valence-electron chi connectivity index (χ2n) is 6.31. The number of aryl methyl sites for hydroxylation is 1. The van der Waals surface area contributed by atoms with Gasteiger partial charge in [0.15, 0.2) is 0 Å². The van der Waals surface area contributed by atoms with Gasteiger partial charge in [-0.2, -0.15) is 0 Å². The lowest BCUT2D eigenvalue weighted by Crippen LogP contribution is -2.40. The molecule has 0 heterocycles. The summed E-state index contributed by atoms with van der Waals surface area (Å²) < 4.78 is 27.5. The van der Waals surface area contributed by atoms with Crippen molar-refractivity contribution >= 4 is 16.1 Å². The summed E-state index contributed by atoms with van der Waals surface area (Å²) >= 11 is 0. The zero-order chi connectivity index (χ0) is 19.8. The third-order valence-electron chi connectivity index (χ3n) is 4.26. The van der Waals surface area contributed by atoms with Crippen molar-refractivity contribution < 1.29 is 13.2 Å². The van der Waals surface area contributed by atoms with Gasteiger partial charge in [0, 0.05) is 12.1 Å². The van der Waals surface area contributed by atoms with Crippen molar-refractivity contribution in [2.24, 2.45) is 0 Å². The van der Waals surface area contributed by atoms with Crippen LogP contribution in [0.25, 0.3) is 11.1 Å². The van der Waals surface area contributed by atoms with Crippen LogP contribution in [0, 0.1) is 0 Å². The summed E-state index contributed by atoms with van der Waals surface area (Å²) in [5.41, 5.74) is 2.49. The lowest BCUT2D eigenvalue weighted by atomic mass is 10.1. The third kappa shape index (κ3) is 5.20. The number of rotatable bonds is 7.